The van der Waals surface area contributed by atoms with Gasteiger partial charge in [0.2, 0.25) is 0 Å². The van der Waals surface area contributed by atoms with Crippen LogP contribution in [0.2, 0.25) is 0 Å². The average molecular weight is 303 g/mol. The first-order chi connectivity index (χ1) is 10.0. The van der Waals surface area contributed by atoms with Crippen molar-refractivity contribution < 1.29 is 10.0 Å². The molecule has 1 atom stereocenters. The molecule has 1 unspecified atom stereocenters. The molecule has 0 spiro atoms. The Hall–Kier alpha value is -2.17. The van der Waals surface area contributed by atoms with Gasteiger partial charge in [-0.3, -0.25) is 10.1 Å². The molecule has 0 amide bonds. The second-order valence-electron chi connectivity index (χ2n) is 4.68. The van der Waals surface area contributed by atoms with Crippen LogP contribution in [0.15, 0.2) is 29.3 Å². The highest BCUT2D eigenvalue weighted by Gasteiger charge is 2.12. The Balaban J connectivity index is 2.42. The number of aliphatic hydroxyl groups is 1. The minimum atomic E-state index is -0.494. The van der Waals surface area contributed by atoms with Crippen LogP contribution in [0.3, 0.4) is 0 Å². The molecule has 0 saturated carbocycles. The zero-order chi connectivity index (χ0) is 15.4. The highest BCUT2D eigenvalue weighted by Crippen LogP contribution is 2.27. The molecule has 0 aliphatic heterocycles. The van der Waals surface area contributed by atoms with Crippen LogP contribution in [-0.4, -0.2) is 27.4 Å². The molecule has 0 radical (unpaired) electrons. The molecule has 0 aliphatic carbocycles. The van der Waals surface area contributed by atoms with Gasteiger partial charge in [-0.1, -0.05) is 6.92 Å². The zero-order valence-electron chi connectivity index (χ0n) is 11.3. The molecule has 0 saturated heterocycles. The maximum absolute atomic E-state index is 10.8. The summed E-state index contributed by atoms with van der Waals surface area (Å²) in [5.74, 6) is 0.822. The Morgan fingerprint density at radius 3 is 2.90 bits per heavy atom. The molecule has 2 rings (SSSR count). The van der Waals surface area contributed by atoms with E-state index in [4.69, 9.17) is 5.11 Å². The van der Waals surface area contributed by atoms with Gasteiger partial charge in [-0.25, -0.2) is 4.98 Å². The lowest BCUT2D eigenvalue weighted by Crippen LogP contribution is -2.03. The van der Waals surface area contributed by atoms with Crippen molar-refractivity contribution in [3.8, 4) is 6.07 Å². The molecule has 1 aromatic carbocycles. The molecule has 0 bridgehead atoms. The number of benzene rings is 1. The van der Waals surface area contributed by atoms with Crippen molar-refractivity contribution in [1.82, 2.24) is 4.98 Å². The van der Waals surface area contributed by atoms with E-state index < -0.39 is 4.92 Å². The smallest absolute Gasteiger partial charge is 0.270 e. The van der Waals surface area contributed by atoms with E-state index >= 15 is 0 Å². The van der Waals surface area contributed by atoms with Crippen LogP contribution in [-0.2, 0) is 0 Å². The molecule has 6 nitrogen and oxygen atoms in total. The molecule has 1 N–H and O–H groups in total. The topological polar surface area (TPSA) is 100 Å². The van der Waals surface area contributed by atoms with Gasteiger partial charge in [-0.2, -0.15) is 5.26 Å². The molecule has 1 heterocycles. The van der Waals surface area contributed by atoms with Crippen LogP contribution in [0.1, 0.15) is 12.5 Å². The Bertz CT molecular complexity index is 727. The van der Waals surface area contributed by atoms with Gasteiger partial charge in [-0.05, 0) is 18.1 Å². The number of non-ortho nitro benzene ring substituents is 1. The summed E-state index contributed by atoms with van der Waals surface area (Å²) in [7, 11) is 0. The van der Waals surface area contributed by atoms with Gasteiger partial charge >= 0.3 is 0 Å². The van der Waals surface area contributed by atoms with Crippen molar-refractivity contribution in [3.05, 3.63) is 39.9 Å². The predicted octanol–water partition coefficient (Wildman–Crippen LogP) is 2.74. The molecular formula is C14H13N3O3S. The van der Waals surface area contributed by atoms with E-state index in [0.717, 1.165) is 0 Å². The Morgan fingerprint density at radius 2 is 2.29 bits per heavy atom. The van der Waals surface area contributed by atoms with E-state index in [0.29, 0.717) is 27.2 Å². The summed E-state index contributed by atoms with van der Waals surface area (Å²) in [5.41, 5.74) is 0.858. The molecule has 0 aliphatic rings. The third-order valence-corrected chi connectivity index (χ3v) is 4.17. The number of pyridine rings is 1. The zero-order valence-corrected chi connectivity index (χ0v) is 12.1. The fraction of sp³-hybridized carbons (Fsp3) is 0.286. The summed E-state index contributed by atoms with van der Waals surface area (Å²) < 4.78 is 0. The molecule has 7 heteroatoms. The fourth-order valence-electron chi connectivity index (χ4n) is 1.75. The third-order valence-electron chi connectivity index (χ3n) is 2.93. The number of fused-ring (bicyclic) bond motifs is 1. The molecule has 1 aromatic heterocycles. The summed E-state index contributed by atoms with van der Waals surface area (Å²) in [6, 6.07) is 7.97. The average Bonchev–Trinajstić information content (AvgIpc) is 2.50. The van der Waals surface area contributed by atoms with Gasteiger partial charge in [0.1, 0.15) is 0 Å². The minimum Gasteiger partial charge on any atom is -0.396 e. The van der Waals surface area contributed by atoms with Crippen LogP contribution < -0.4 is 0 Å². The molecule has 108 valence electrons. The SMILES string of the molecule is CC(CO)CSc1cc(C#N)c2cc([N+](=O)[O-])ccc2n1. The molecule has 2 aromatic rings. The van der Waals surface area contributed by atoms with E-state index in [-0.39, 0.29) is 18.2 Å². The monoisotopic (exact) mass is 303 g/mol. The number of thioether (sulfide) groups is 1. The Morgan fingerprint density at radius 1 is 1.52 bits per heavy atom. The van der Waals surface area contributed by atoms with Gasteiger partial charge in [0, 0.05) is 29.9 Å². The standard InChI is InChI=1S/C14H13N3O3S/c1-9(7-18)8-21-14-4-10(6-15)12-5-11(17(19)20)2-3-13(12)16-14/h2-5,9,18H,7-8H2,1H3. The van der Waals surface area contributed by atoms with Crippen LogP contribution in [0.25, 0.3) is 10.9 Å². The van der Waals surface area contributed by atoms with Crippen molar-refractivity contribution in [2.45, 2.75) is 11.9 Å². The number of rotatable bonds is 5. The summed E-state index contributed by atoms with van der Waals surface area (Å²) in [5, 5.41) is 30.2. The van der Waals surface area contributed by atoms with Crippen LogP contribution in [0.4, 0.5) is 5.69 Å². The summed E-state index contributed by atoms with van der Waals surface area (Å²) in [6.45, 7) is 2.01. The number of hydrogen-bond donors (Lipinski definition) is 1. The molecular weight excluding hydrogens is 290 g/mol. The maximum atomic E-state index is 10.8. The highest BCUT2D eigenvalue weighted by molar-refractivity contribution is 7.99. The van der Waals surface area contributed by atoms with Crippen molar-refractivity contribution >= 4 is 28.4 Å². The number of nitriles is 1. The highest BCUT2D eigenvalue weighted by atomic mass is 32.2. The molecule has 0 fully saturated rings. The minimum absolute atomic E-state index is 0.0601. The Kier molecular flexibility index (Phi) is 4.73. The second kappa shape index (κ2) is 6.52. The number of aromatic nitrogens is 1. The lowest BCUT2D eigenvalue weighted by molar-refractivity contribution is -0.384. The third kappa shape index (κ3) is 3.48. The predicted molar refractivity (Wildman–Crippen MR) is 80.1 cm³/mol. The number of nitro groups is 1. The van der Waals surface area contributed by atoms with E-state index in [1.54, 1.807) is 12.1 Å². The fourth-order valence-corrected chi connectivity index (χ4v) is 2.67. The van der Waals surface area contributed by atoms with Crippen LogP contribution in [0.5, 0.6) is 0 Å². The van der Waals surface area contributed by atoms with E-state index in [1.807, 2.05) is 6.92 Å². The first-order valence-electron chi connectivity index (χ1n) is 6.28. The number of nitro benzene ring substituents is 1. The van der Waals surface area contributed by atoms with Crippen LogP contribution >= 0.6 is 11.8 Å². The van der Waals surface area contributed by atoms with Crippen molar-refractivity contribution in [2.75, 3.05) is 12.4 Å². The van der Waals surface area contributed by atoms with Crippen molar-refractivity contribution in [1.29, 1.82) is 5.26 Å². The number of aliphatic hydroxyl groups excluding tert-OH is 1. The van der Waals surface area contributed by atoms with Gasteiger partial charge in [0.05, 0.1) is 27.1 Å². The van der Waals surface area contributed by atoms with Gasteiger partial charge in [0.15, 0.2) is 0 Å². The summed E-state index contributed by atoms with van der Waals surface area (Å²) in [4.78, 5) is 14.7. The van der Waals surface area contributed by atoms with E-state index in [9.17, 15) is 15.4 Å². The van der Waals surface area contributed by atoms with Gasteiger partial charge in [-0.15, -0.1) is 11.8 Å². The summed E-state index contributed by atoms with van der Waals surface area (Å²) in [6.07, 6.45) is 0. The number of nitrogens with zero attached hydrogens (tertiary/aromatic N) is 3. The quantitative estimate of drug-likeness (QED) is 0.518. The van der Waals surface area contributed by atoms with Crippen LogP contribution in [0, 0.1) is 27.4 Å². The van der Waals surface area contributed by atoms with Crippen molar-refractivity contribution in [2.24, 2.45) is 5.92 Å². The number of hydrogen-bond acceptors (Lipinski definition) is 6. The largest absolute Gasteiger partial charge is 0.396 e. The van der Waals surface area contributed by atoms with E-state index in [2.05, 4.69) is 11.1 Å². The first kappa shape index (κ1) is 15.2. The lowest BCUT2D eigenvalue weighted by atomic mass is 10.1. The van der Waals surface area contributed by atoms with Crippen molar-refractivity contribution in [3.63, 3.8) is 0 Å². The normalized spacial score (nSPS) is 12.0. The molecule has 21 heavy (non-hydrogen) atoms. The maximum Gasteiger partial charge on any atom is 0.270 e. The Labute approximate surface area is 125 Å². The lowest BCUT2D eigenvalue weighted by Gasteiger charge is -2.08. The second-order valence-corrected chi connectivity index (χ2v) is 5.72. The first-order valence-corrected chi connectivity index (χ1v) is 7.26. The van der Waals surface area contributed by atoms with Gasteiger partial charge < -0.3 is 5.11 Å². The van der Waals surface area contributed by atoms with Gasteiger partial charge in [0.25, 0.3) is 5.69 Å². The van der Waals surface area contributed by atoms with E-state index in [1.165, 1.54) is 23.9 Å². The summed E-state index contributed by atoms with van der Waals surface area (Å²) >= 11 is 1.45.